The normalized spacial score (nSPS) is 21.4. The van der Waals surface area contributed by atoms with Gasteiger partial charge in [0.1, 0.15) is 6.04 Å². The summed E-state index contributed by atoms with van der Waals surface area (Å²) in [4.78, 5) is 13.0. The molecule has 84 valence electrons. The number of aliphatic carboxylic acids is 1. The Morgan fingerprint density at radius 2 is 2.07 bits per heavy atom. The molecule has 1 saturated heterocycles. The van der Waals surface area contributed by atoms with Crippen LogP contribution in [0.3, 0.4) is 0 Å². The Hall–Kier alpha value is -1.01. The second kappa shape index (κ2) is 4.67. The van der Waals surface area contributed by atoms with E-state index in [1.54, 1.807) is 0 Å². The number of hydrogen-bond donors (Lipinski definition) is 1. The Bertz CT molecular complexity index is 268. The summed E-state index contributed by atoms with van der Waals surface area (Å²) < 4.78 is 0. The van der Waals surface area contributed by atoms with Crippen LogP contribution in [0, 0.1) is 17.8 Å². The first kappa shape index (κ1) is 12.1. The number of nitrogens with zero attached hydrogens (tertiary/aromatic N) is 1. The molecule has 1 heterocycles. The monoisotopic (exact) mass is 209 g/mol. The quantitative estimate of drug-likeness (QED) is 0.699. The number of hydrogen-bond acceptors (Lipinski definition) is 2. The molecule has 1 N–H and O–H groups in total. The molecule has 0 aromatic rings. The molecule has 0 radical (unpaired) electrons. The van der Waals surface area contributed by atoms with Crippen molar-refractivity contribution in [2.45, 2.75) is 39.2 Å². The second-order valence-electron chi connectivity index (χ2n) is 4.37. The number of carboxylic acid groups (broad SMARTS) is 1. The van der Waals surface area contributed by atoms with E-state index in [-0.39, 0.29) is 0 Å². The Labute approximate surface area is 91.5 Å². The fourth-order valence-corrected chi connectivity index (χ4v) is 2.22. The lowest BCUT2D eigenvalue weighted by Crippen LogP contribution is -2.61. The highest BCUT2D eigenvalue weighted by Crippen LogP contribution is 2.38. The third-order valence-corrected chi connectivity index (χ3v) is 3.61. The van der Waals surface area contributed by atoms with E-state index in [1.165, 1.54) is 0 Å². The van der Waals surface area contributed by atoms with Crippen molar-refractivity contribution < 1.29 is 9.90 Å². The first-order valence-corrected chi connectivity index (χ1v) is 5.49. The predicted molar refractivity (Wildman–Crippen MR) is 59.5 cm³/mol. The number of likely N-dealkylation sites (tertiary alicyclic amines) is 1. The van der Waals surface area contributed by atoms with Gasteiger partial charge in [-0.25, -0.2) is 0 Å². The maximum Gasteiger partial charge on any atom is 0.321 e. The van der Waals surface area contributed by atoms with Crippen LogP contribution in [0.15, 0.2) is 0 Å². The Morgan fingerprint density at radius 1 is 1.53 bits per heavy atom. The average Bonchev–Trinajstić information content (AvgIpc) is 2.15. The molecule has 0 aromatic heterocycles. The summed E-state index contributed by atoms with van der Waals surface area (Å²) in [5, 5.41) is 9.02. The lowest BCUT2D eigenvalue weighted by Gasteiger charge is -2.51. The molecule has 0 saturated carbocycles. The zero-order valence-electron chi connectivity index (χ0n) is 9.49. The van der Waals surface area contributed by atoms with Crippen molar-refractivity contribution in [3.8, 4) is 12.3 Å². The van der Waals surface area contributed by atoms with E-state index in [4.69, 9.17) is 11.5 Å². The van der Waals surface area contributed by atoms with Crippen molar-refractivity contribution in [1.29, 1.82) is 0 Å². The molecule has 1 fully saturated rings. The summed E-state index contributed by atoms with van der Waals surface area (Å²) in [7, 11) is 0. The van der Waals surface area contributed by atoms with Crippen molar-refractivity contribution >= 4 is 5.97 Å². The zero-order chi connectivity index (χ0) is 11.5. The fraction of sp³-hybridized carbons (Fsp3) is 0.750. The first-order chi connectivity index (χ1) is 7.08. The van der Waals surface area contributed by atoms with Crippen molar-refractivity contribution in [1.82, 2.24) is 4.90 Å². The molecule has 1 unspecified atom stereocenters. The van der Waals surface area contributed by atoms with Gasteiger partial charge in [0.2, 0.25) is 0 Å². The molecule has 15 heavy (non-hydrogen) atoms. The van der Waals surface area contributed by atoms with Gasteiger partial charge in [-0.1, -0.05) is 13.8 Å². The molecule has 3 nitrogen and oxygen atoms in total. The van der Waals surface area contributed by atoms with Crippen molar-refractivity contribution in [3.63, 3.8) is 0 Å². The summed E-state index contributed by atoms with van der Waals surface area (Å²) in [5.74, 6) is 1.64. The minimum absolute atomic E-state index is 0.304. The molecule has 1 aliphatic heterocycles. The SMILES string of the molecule is C#CCC(C(=O)O)N1CC(CC)(CC)C1. The van der Waals surface area contributed by atoms with Crippen LogP contribution in [0.25, 0.3) is 0 Å². The number of carboxylic acids is 1. The predicted octanol–water partition coefficient (Wildman–Crippen LogP) is 1.58. The van der Waals surface area contributed by atoms with Crippen LogP contribution in [-0.2, 0) is 4.79 Å². The van der Waals surface area contributed by atoms with Gasteiger partial charge in [-0.15, -0.1) is 12.3 Å². The van der Waals surface area contributed by atoms with E-state index < -0.39 is 12.0 Å². The fourth-order valence-electron chi connectivity index (χ4n) is 2.22. The van der Waals surface area contributed by atoms with Gasteiger partial charge in [0.15, 0.2) is 0 Å². The van der Waals surface area contributed by atoms with Crippen LogP contribution in [0.2, 0.25) is 0 Å². The highest BCUT2D eigenvalue weighted by atomic mass is 16.4. The largest absolute Gasteiger partial charge is 0.480 e. The van der Waals surface area contributed by atoms with Gasteiger partial charge in [-0.2, -0.15) is 0 Å². The Morgan fingerprint density at radius 3 is 2.40 bits per heavy atom. The van der Waals surface area contributed by atoms with Gasteiger partial charge < -0.3 is 5.11 Å². The van der Waals surface area contributed by atoms with Crippen LogP contribution in [-0.4, -0.2) is 35.1 Å². The van der Waals surface area contributed by atoms with Gasteiger partial charge >= 0.3 is 5.97 Å². The highest BCUT2D eigenvalue weighted by Gasteiger charge is 2.44. The highest BCUT2D eigenvalue weighted by molar-refractivity contribution is 5.74. The summed E-state index contributed by atoms with van der Waals surface area (Å²) in [6.45, 7) is 6.08. The topological polar surface area (TPSA) is 40.5 Å². The molecule has 0 amide bonds. The maximum atomic E-state index is 11.0. The smallest absolute Gasteiger partial charge is 0.321 e. The molecule has 0 spiro atoms. The first-order valence-electron chi connectivity index (χ1n) is 5.49. The zero-order valence-corrected chi connectivity index (χ0v) is 9.49. The van der Waals surface area contributed by atoms with Crippen LogP contribution >= 0.6 is 0 Å². The van der Waals surface area contributed by atoms with E-state index in [0.29, 0.717) is 11.8 Å². The summed E-state index contributed by atoms with van der Waals surface area (Å²) in [5.41, 5.74) is 0.336. The van der Waals surface area contributed by atoms with Crippen molar-refractivity contribution in [2.75, 3.05) is 13.1 Å². The van der Waals surface area contributed by atoms with Gasteiger partial charge in [0.25, 0.3) is 0 Å². The van der Waals surface area contributed by atoms with E-state index in [0.717, 1.165) is 25.9 Å². The molecule has 3 heteroatoms. The molecule has 1 aliphatic rings. The lowest BCUT2D eigenvalue weighted by atomic mass is 9.74. The number of carbonyl (C=O) groups is 1. The minimum Gasteiger partial charge on any atom is -0.480 e. The standard InChI is InChI=1S/C12H19NO2/c1-4-7-10(11(14)15)13-8-12(5-2,6-3)9-13/h1,10H,5-9H2,2-3H3,(H,14,15). The van der Waals surface area contributed by atoms with Crippen LogP contribution < -0.4 is 0 Å². The maximum absolute atomic E-state index is 11.0. The summed E-state index contributed by atoms with van der Waals surface area (Å²) >= 11 is 0. The van der Waals surface area contributed by atoms with E-state index in [2.05, 4.69) is 19.8 Å². The Kier molecular flexibility index (Phi) is 3.76. The second-order valence-corrected chi connectivity index (χ2v) is 4.37. The molecule has 1 rings (SSSR count). The molecular weight excluding hydrogens is 190 g/mol. The van der Waals surface area contributed by atoms with E-state index in [9.17, 15) is 4.79 Å². The van der Waals surface area contributed by atoms with Crippen molar-refractivity contribution in [2.24, 2.45) is 5.41 Å². The third kappa shape index (κ3) is 2.32. The lowest BCUT2D eigenvalue weighted by molar-refractivity contribution is -0.149. The number of terminal acetylenes is 1. The Balaban J connectivity index is 2.55. The van der Waals surface area contributed by atoms with Gasteiger partial charge in [-0.05, 0) is 18.3 Å². The molecule has 0 aliphatic carbocycles. The van der Waals surface area contributed by atoms with Crippen LogP contribution in [0.4, 0.5) is 0 Å². The molecule has 0 aromatic carbocycles. The van der Waals surface area contributed by atoms with E-state index in [1.807, 2.05) is 4.90 Å². The van der Waals surface area contributed by atoms with E-state index >= 15 is 0 Å². The molecular formula is C12H19NO2. The molecule has 1 atom stereocenters. The van der Waals surface area contributed by atoms with Crippen LogP contribution in [0.1, 0.15) is 33.1 Å². The number of rotatable bonds is 5. The van der Waals surface area contributed by atoms with Crippen molar-refractivity contribution in [3.05, 3.63) is 0 Å². The summed E-state index contributed by atoms with van der Waals surface area (Å²) in [6.07, 6.45) is 7.71. The minimum atomic E-state index is -0.797. The van der Waals surface area contributed by atoms with Gasteiger partial charge in [-0.3, -0.25) is 9.69 Å². The van der Waals surface area contributed by atoms with Gasteiger partial charge in [0.05, 0.1) is 0 Å². The van der Waals surface area contributed by atoms with Crippen LogP contribution in [0.5, 0.6) is 0 Å². The summed E-state index contributed by atoms with van der Waals surface area (Å²) in [6, 6.07) is -0.485. The average molecular weight is 209 g/mol. The third-order valence-electron chi connectivity index (χ3n) is 3.61. The van der Waals surface area contributed by atoms with Gasteiger partial charge in [0, 0.05) is 19.5 Å². The molecule has 0 bridgehead atoms.